The Balaban J connectivity index is 1.94. The maximum atomic E-state index is 6.10. The van der Waals surface area contributed by atoms with Gasteiger partial charge in [-0.3, -0.25) is 0 Å². The summed E-state index contributed by atoms with van der Waals surface area (Å²) in [6, 6.07) is 10.5. The van der Waals surface area contributed by atoms with Gasteiger partial charge in [-0.1, -0.05) is 35.5 Å². The fourth-order valence-corrected chi connectivity index (χ4v) is 3.79. The van der Waals surface area contributed by atoms with Gasteiger partial charge >= 0.3 is 0 Å². The van der Waals surface area contributed by atoms with E-state index in [2.05, 4.69) is 53.1 Å². The van der Waals surface area contributed by atoms with Gasteiger partial charge < -0.3 is 9.80 Å². The van der Waals surface area contributed by atoms with Gasteiger partial charge in [-0.2, -0.15) is 0 Å². The zero-order valence-electron chi connectivity index (χ0n) is 12.2. The van der Waals surface area contributed by atoms with Crippen molar-refractivity contribution >= 4 is 34.9 Å². The number of nitrogens with zero attached hydrogens (tertiary/aromatic N) is 3. The van der Waals surface area contributed by atoms with Crippen molar-refractivity contribution in [3.63, 3.8) is 0 Å². The highest BCUT2D eigenvalue weighted by molar-refractivity contribution is 7.99. The summed E-state index contributed by atoms with van der Waals surface area (Å²) >= 11 is 7.84. The van der Waals surface area contributed by atoms with Gasteiger partial charge in [-0.05, 0) is 45.3 Å². The fourth-order valence-electron chi connectivity index (χ4n) is 2.46. The standard InChI is InChI=1S/C16H18ClN3S/c1-19(2)8-5-9-20-13-6-3-4-7-14(13)21-15-10-12(17)11-18-16(15)20/h3-4,6-7,10-11H,5,8-9H2,1-2H3. The van der Waals surface area contributed by atoms with Crippen LogP contribution in [0.1, 0.15) is 6.42 Å². The summed E-state index contributed by atoms with van der Waals surface area (Å²) < 4.78 is 0. The van der Waals surface area contributed by atoms with E-state index in [0.717, 1.165) is 30.2 Å². The molecule has 0 N–H and O–H groups in total. The van der Waals surface area contributed by atoms with E-state index in [0.29, 0.717) is 5.02 Å². The number of pyridine rings is 1. The second-order valence-electron chi connectivity index (χ2n) is 5.35. The molecule has 1 aromatic carbocycles. The molecule has 5 heteroatoms. The van der Waals surface area contributed by atoms with E-state index in [-0.39, 0.29) is 0 Å². The Hall–Kier alpha value is -1.23. The van der Waals surface area contributed by atoms with Crippen LogP contribution in [0.5, 0.6) is 0 Å². The van der Waals surface area contributed by atoms with E-state index in [1.807, 2.05) is 6.07 Å². The van der Waals surface area contributed by atoms with Gasteiger partial charge in [0.25, 0.3) is 0 Å². The number of fused-ring (bicyclic) bond motifs is 2. The number of hydrogen-bond acceptors (Lipinski definition) is 4. The van der Waals surface area contributed by atoms with E-state index in [1.165, 1.54) is 10.6 Å². The minimum atomic E-state index is 0.689. The van der Waals surface area contributed by atoms with Crippen molar-refractivity contribution in [2.75, 3.05) is 32.1 Å². The van der Waals surface area contributed by atoms with Gasteiger partial charge in [0.1, 0.15) is 5.82 Å². The summed E-state index contributed by atoms with van der Waals surface area (Å²) in [4.78, 5) is 11.5. The first-order chi connectivity index (χ1) is 10.1. The zero-order valence-corrected chi connectivity index (χ0v) is 13.8. The molecule has 0 unspecified atom stereocenters. The Labute approximate surface area is 134 Å². The average Bonchev–Trinajstić information content (AvgIpc) is 2.46. The smallest absolute Gasteiger partial charge is 0.147 e. The first-order valence-electron chi connectivity index (χ1n) is 7.00. The van der Waals surface area contributed by atoms with Gasteiger partial charge in [0.2, 0.25) is 0 Å². The normalized spacial score (nSPS) is 13.2. The number of rotatable bonds is 4. The number of halogens is 1. The van der Waals surface area contributed by atoms with E-state index in [1.54, 1.807) is 18.0 Å². The Kier molecular flexibility index (Phi) is 4.38. The maximum absolute atomic E-state index is 6.10. The Morgan fingerprint density at radius 3 is 2.86 bits per heavy atom. The van der Waals surface area contributed by atoms with E-state index in [4.69, 9.17) is 11.6 Å². The molecule has 0 saturated carbocycles. The van der Waals surface area contributed by atoms with Gasteiger partial charge in [0.15, 0.2) is 0 Å². The van der Waals surface area contributed by atoms with Gasteiger partial charge in [-0.15, -0.1) is 0 Å². The van der Waals surface area contributed by atoms with Crippen molar-refractivity contribution in [1.82, 2.24) is 9.88 Å². The zero-order chi connectivity index (χ0) is 14.8. The number of benzene rings is 1. The molecule has 1 aromatic heterocycles. The van der Waals surface area contributed by atoms with Crippen LogP contribution < -0.4 is 4.90 Å². The lowest BCUT2D eigenvalue weighted by Crippen LogP contribution is -2.26. The molecule has 0 spiro atoms. The topological polar surface area (TPSA) is 19.4 Å². The molecule has 3 nitrogen and oxygen atoms in total. The van der Waals surface area contributed by atoms with Crippen molar-refractivity contribution < 1.29 is 0 Å². The van der Waals surface area contributed by atoms with Crippen LogP contribution in [0.25, 0.3) is 0 Å². The molecule has 0 bridgehead atoms. The molecule has 21 heavy (non-hydrogen) atoms. The van der Waals surface area contributed by atoms with Crippen LogP contribution in [-0.2, 0) is 0 Å². The average molecular weight is 320 g/mol. The highest BCUT2D eigenvalue weighted by Gasteiger charge is 2.24. The summed E-state index contributed by atoms with van der Waals surface area (Å²) in [6.45, 7) is 2.02. The number of para-hydroxylation sites is 1. The van der Waals surface area contributed by atoms with Crippen LogP contribution in [-0.4, -0.2) is 37.1 Å². The van der Waals surface area contributed by atoms with Gasteiger partial charge in [-0.25, -0.2) is 4.98 Å². The largest absolute Gasteiger partial charge is 0.324 e. The van der Waals surface area contributed by atoms with Crippen molar-refractivity contribution in [3.05, 3.63) is 41.6 Å². The Morgan fingerprint density at radius 2 is 2.05 bits per heavy atom. The van der Waals surface area contributed by atoms with Crippen molar-refractivity contribution in [3.8, 4) is 0 Å². The predicted octanol–water partition coefficient (Wildman–Crippen LogP) is 4.29. The quantitative estimate of drug-likeness (QED) is 0.837. The fraction of sp³-hybridized carbons (Fsp3) is 0.312. The summed E-state index contributed by atoms with van der Waals surface area (Å²) in [5.74, 6) is 1.02. The maximum Gasteiger partial charge on any atom is 0.147 e. The monoisotopic (exact) mass is 319 g/mol. The molecule has 3 rings (SSSR count). The minimum absolute atomic E-state index is 0.689. The third kappa shape index (κ3) is 3.18. The second-order valence-corrected chi connectivity index (χ2v) is 6.87. The lowest BCUT2D eigenvalue weighted by molar-refractivity contribution is 0.402. The van der Waals surface area contributed by atoms with E-state index in [9.17, 15) is 0 Å². The summed E-state index contributed by atoms with van der Waals surface area (Å²) in [5, 5.41) is 0.689. The molecule has 0 aliphatic carbocycles. The summed E-state index contributed by atoms with van der Waals surface area (Å²) in [6.07, 6.45) is 2.82. The minimum Gasteiger partial charge on any atom is -0.324 e. The molecule has 0 fully saturated rings. The first-order valence-corrected chi connectivity index (χ1v) is 8.19. The molecule has 2 heterocycles. The molecular formula is C16H18ClN3S. The van der Waals surface area contributed by atoms with E-state index >= 15 is 0 Å². The first kappa shape index (κ1) is 14.7. The van der Waals surface area contributed by atoms with Gasteiger partial charge in [0.05, 0.1) is 15.6 Å². The van der Waals surface area contributed by atoms with Crippen LogP contribution in [0.15, 0.2) is 46.3 Å². The highest BCUT2D eigenvalue weighted by atomic mass is 35.5. The molecular weight excluding hydrogens is 302 g/mol. The SMILES string of the molecule is CN(C)CCCN1c2ccccc2Sc2cc(Cl)cnc21. The van der Waals surface area contributed by atoms with Crippen LogP contribution in [0.2, 0.25) is 5.02 Å². The van der Waals surface area contributed by atoms with Crippen LogP contribution >= 0.6 is 23.4 Å². The molecule has 1 aliphatic rings. The van der Waals surface area contributed by atoms with Gasteiger partial charge in [0, 0.05) is 17.6 Å². The second kappa shape index (κ2) is 6.26. The molecule has 0 saturated heterocycles. The van der Waals surface area contributed by atoms with Crippen molar-refractivity contribution in [2.24, 2.45) is 0 Å². The Morgan fingerprint density at radius 1 is 1.24 bits per heavy atom. The summed E-state index contributed by atoms with van der Waals surface area (Å²) in [7, 11) is 4.21. The molecule has 0 amide bonds. The highest BCUT2D eigenvalue weighted by Crippen LogP contribution is 2.47. The van der Waals surface area contributed by atoms with Crippen LogP contribution in [0.4, 0.5) is 11.5 Å². The lowest BCUT2D eigenvalue weighted by atomic mass is 10.2. The predicted molar refractivity (Wildman–Crippen MR) is 90.0 cm³/mol. The molecule has 2 aromatic rings. The van der Waals surface area contributed by atoms with E-state index < -0.39 is 0 Å². The number of aromatic nitrogens is 1. The van der Waals surface area contributed by atoms with Crippen LogP contribution in [0.3, 0.4) is 0 Å². The van der Waals surface area contributed by atoms with Crippen LogP contribution in [0, 0.1) is 0 Å². The number of anilines is 2. The molecule has 110 valence electrons. The molecule has 0 radical (unpaired) electrons. The van der Waals surface area contributed by atoms with Crippen molar-refractivity contribution in [1.29, 1.82) is 0 Å². The third-order valence-electron chi connectivity index (χ3n) is 3.42. The number of hydrogen-bond donors (Lipinski definition) is 0. The van der Waals surface area contributed by atoms with Crippen molar-refractivity contribution in [2.45, 2.75) is 16.2 Å². The summed E-state index contributed by atoms with van der Waals surface area (Å²) in [5.41, 5.74) is 1.24. The molecule has 1 aliphatic heterocycles. The lowest BCUT2D eigenvalue weighted by Gasteiger charge is -2.32. The third-order valence-corrected chi connectivity index (χ3v) is 4.71. The molecule has 0 atom stereocenters. The Bertz CT molecular complexity index is 645.